The van der Waals surface area contributed by atoms with Crippen LogP contribution in [0.2, 0.25) is 0 Å². The molecule has 2 aromatic rings. The molecular formula is C16H19N3O. The number of Topliss-reactive ketones (excluding diaryl/α,β-unsaturated/α-hetero) is 1. The van der Waals surface area contributed by atoms with Crippen LogP contribution in [0, 0.1) is 0 Å². The molecule has 0 unspecified atom stereocenters. The third-order valence-electron chi connectivity index (χ3n) is 3.97. The van der Waals surface area contributed by atoms with Gasteiger partial charge in [0.25, 0.3) is 0 Å². The first-order valence-corrected chi connectivity index (χ1v) is 7.08. The van der Waals surface area contributed by atoms with Crippen molar-refractivity contribution in [2.24, 2.45) is 5.73 Å². The number of carbonyl (C=O) groups excluding carboxylic acids is 1. The summed E-state index contributed by atoms with van der Waals surface area (Å²) in [5.41, 5.74) is 6.61. The summed E-state index contributed by atoms with van der Waals surface area (Å²) >= 11 is 0. The van der Waals surface area contributed by atoms with Crippen molar-refractivity contribution in [2.45, 2.75) is 18.9 Å². The normalized spacial score (nSPS) is 17.4. The molecular weight excluding hydrogens is 250 g/mol. The number of benzene rings is 1. The summed E-state index contributed by atoms with van der Waals surface area (Å²) in [5, 5.41) is 2.00. The smallest absolute Gasteiger partial charge is 0.178 e. The number of pyridine rings is 1. The number of nitrogens with zero attached hydrogens (tertiary/aromatic N) is 2. The highest BCUT2D eigenvalue weighted by atomic mass is 16.1. The maximum absolute atomic E-state index is 12.5. The van der Waals surface area contributed by atoms with E-state index in [1.807, 2.05) is 24.3 Å². The lowest BCUT2D eigenvalue weighted by molar-refractivity contribution is 0.0911. The van der Waals surface area contributed by atoms with Gasteiger partial charge < -0.3 is 5.73 Å². The second-order valence-electron chi connectivity index (χ2n) is 5.44. The minimum absolute atomic E-state index is 0.143. The summed E-state index contributed by atoms with van der Waals surface area (Å²) in [7, 11) is 0. The summed E-state index contributed by atoms with van der Waals surface area (Å²) in [6.07, 6.45) is 5.43. The Bertz CT molecular complexity index is 613. The van der Waals surface area contributed by atoms with Crippen LogP contribution in [0.5, 0.6) is 0 Å². The molecule has 20 heavy (non-hydrogen) atoms. The minimum atomic E-state index is 0.143. The highest BCUT2D eigenvalue weighted by Crippen LogP contribution is 2.18. The van der Waals surface area contributed by atoms with Gasteiger partial charge in [0.05, 0.1) is 6.54 Å². The first kappa shape index (κ1) is 13.2. The number of nitrogens with two attached hydrogens (primary N) is 1. The SMILES string of the molecule is NC1CCN(CC(=O)c2cncc3ccccc23)CC1. The molecule has 1 saturated heterocycles. The van der Waals surface area contributed by atoms with Crippen molar-refractivity contribution < 1.29 is 4.79 Å². The van der Waals surface area contributed by atoms with Gasteiger partial charge in [-0.3, -0.25) is 14.7 Å². The molecule has 4 nitrogen and oxygen atoms in total. The molecule has 0 spiro atoms. The molecule has 0 amide bonds. The third-order valence-corrected chi connectivity index (χ3v) is 3.97. The van der Waals surface area contributed by atoms with Crippen molar-refractivity contribution in [2.75, 3.05) is 19.6 Å². The molecule has 104 valence electrons. The van der Waals surface area contributed by atoms with Crippen LogP contribution in [-0.4, -0.2) is 41.3 Å². The molecule has 4 heteroatoms. The van der Waals surface area contributed by atoms with Gasteiger partial charge in [0.1, 0.15) is 0 Å². The number of hydrogen-bond acceptors (Lipinski definition) is 4. The van der Waals surface area contributed by atoms with Crippen LogP contribution < -0.4 is 5.73 Å². The summed E-state index contributed by atoms with van der Waals surface area (Å²) in [5.74, 6) is 0.143. The first-order chi connectivity index (χ1) is 9.74. The van der Waals surface area contributed by atoms with Crippen LogP contribution in [0.3, 0.4) is 0 Å². The zero-order chi connectivity index (χ0) is 13.9. The molecule has 1 aliphatic rings. The largest absolute Gasteiger partial charge is 0.328 e. The number of likely N-dealkylation sites (tertiary alicyclic amines) is 1. The van der Waals surface area contributed by atoms with E-state index in [2.05, 4.69) is 9.88 Å². The fraction of sp³-hybridized carbons (Fsp3) is 0.375. The average Bonchev–Trinajstić information content (AvgIpc) is 2.49. The Kier molecular flexibility index (Phi) is 3.76. The van der Waals surface area contributed by atoms with Crippen LogP contribution in [0.1, 0.15) is 23.2 Å². The maximum atomic E-state index is 12.5. The minimum Gasteiger partial charge on any atom is -0.328 e. The zero-order valence-electron chi connectivity index (χ0n) is 11.5. The molecule has 1 aliphatic heterocycles. The predicted molar refractivity (Wildman–Crippen MR) is 79.7 cm³/mol. The second kappa shape index (κ2) is 5.69. The van der Waals surface area contributed by atoms with Crippen LogP contribution >= 0.6 is 0 Å². The molecule has 0 saturated carbocycles. The quantitative estimate of drug-likeness (QED) is 0.864. The fourth-order valence-electron chi connectivity index (χ4n) is 2.74. The number of hydrogen-bond donors (Lipinski definition) is 1. The molecule has 0 bridgehead atoms. The van der Waals surface area contributed by atoms with Crippen molar-refractivity contribution in [3.05, 3.63) is 42.2 Å². The van der Waals surface area contributed by atoms with Crippen LogP contribution in [0.15, 0.2) is 36.7 Å². The Morgan fingerprint density at radius 1 is 1.25 bits per heavy atom. The van der Waals surface area contributed by atoms with Crippen LogP contribution in [0.4, 0.5) is 0 Å². The molecule has 0 atom stereocenters. The molecule has 1 aromatic carbocycles. The van der Waals surface area contributed by atoms with Gasteiger partial charge in [0, 0.05) is 42.5 Å². The van der Waals surface area contributed by atoms with Crippen molar-refractivity contribution in [1.29, 1.82) is 0 Å². The summed E-state index contributed by atoms with van der Waals surface area (Å²) in [6.45, 7) is 2.28. The monoisotopic (exact) mass is 269 g/mol. The average molecular weight is 269 g/mol. The van der Waals surface area contributed by atoms with Gasteiger partial charge in [-0.15, -0.1) is 0 Å². The Hall–Kier alpha value is -1.78. The Labute approximate surface area is 118 Å². The number of aromatic nitrogens is 1. The predicted octanol–water partition coefficient (Wildman–Crippen LogP) is 1.84. The van der Waals surface area contributed by atoms with Crippen molar-refractivity contribution in [3.8, 4) is 0 Å². The van der Waals surface area contributed by atoms with E-state index in [0.717, 1.165) is 42.3 Å². The van der Waals surface area contributed by atoms with Crippen molar-refractivity contribution in [3.63, 3.8) is 0 Å². The standard InChI is InChI=1S/C16H19N3O/c17-13-5-7-19(8-6-13)11-16(20)15-10-18-9-12-3-1-2-4-14(12)15/h1-4,9-10,13H,5-8,11,17H2. The van der Waals surface area contributed by atoms with E-state index in [9.17, 15) is 4.79 Å². The van der Waals surface area contributed by atoms with E-state index < -0.39 is 0 Å². The lowest BCUT2D eigenvalue weighted by Crippen LogP contribution is -2.41. The van der Waals surface area contributed by atoms with Gasteiger partial charge in [-0.2, -0.15) is 0 Å². The summed E-state index contributed by atoms with van der Waals surface area (Å²) in [4.78, 5) is 18.9. The Morgan fingerprint density at radius 3 is 2.80 bits per heavy atom. The van der Waals surface area contributed by atoms with E-state index >= 15 is 0 Å². The van der Waals surface area contributed by atoms with E-state index in [4.69, 9.17) is 5.73 Å². The van der Waals surface area contributed by atoms with Gasteiger partial charge in [-0.1, -0.05) is 24.3 Å². The number of carbonyl (C=O) groups is 1. The number of fused-ring (bicyclic) bond motifs is 1. The van der Waals surface area contributed by atoms with Crippen molar-refractivity contribution >= 4 is 16.6 Å². The number of ketones is 1. The molecule has 2 N–H and O–H groups in total. The molecule has 0 radical (unpaired) electrons. The third kappa shape index (κ3) is 2.71. The van der Waals surface area contributed by atoms with Crippen LogP contribution in [-0.2, 0) is 0 Å². The molecule has 3 rings (SSSR count). The van der Waals surface area contributed by atoms with Crippen molar-refractivity contribution in [1.82, 2.24) is 9.88 Å². The van der Waals surface area contributed by atoms with Gasteiger partial charge in [0.15, 0.2) is 5.78 Å². The second-order valence-corrected chi connectivity index (χ2v) is 5.44. The van der Waals surface area contributed by atoms with E-state index in [-0.39, 0.29) is 5.78 Å². The Morgan fingerprint density at radius 2 is 2.00 bits per heavy atom. The summed E-state index contributed by atoms with van der Waals surface area (Å²) in [6, 6.07) is 8.18. The highest BCUT2D eigenvalue weighted by molar-refractivity contribution is 6.08. The van der Waals surface area contributed by atoms with Crippen LogP contribution in [0.25, 0.3) is 10.8 Å². The Balaban J connectivity index is 1.79. The van der Waals surface area contributed by atoms with Gasteiger partial charge in [0.2, 0.25) is 0 Å². The lowest BCUT2D eigenvalue weighted by Gasteiger charge is -2.29. The summed E-state index contributed by atoms with van der Waals surface area (Å²) < 4.78 is 0. The fourth-order valence-corrected chi connectivity index (χ4v) is 2.74. The number of rotatable bonds is 3. The van der Waals surface area contributed by atoms with E-state index in [1.165, 1.54) is 0 Å². The molecule has 2 heterocycles. The topological polar surface area (TPSA) is 59.2 Å². The van der Waals surface area contributed by atoms with Gasteiger partial charge in [-0.25, -0.2) is 0 Å². The van der Waals surface area contributed by atoms with Gasteiger partial charge >= 0.3 is 0 Å². The molecule has 1 aromatic heterocycles. The molecule has 0 aliphatic carbocycles. The first-order valence-electron chi connectivity index (χ1n) is 7.08. The highest BCUT2D eigenvalue weighted by Gasteiger charge is 2.19. The van der Waals surface area contributed by atoms with E-state index in [0.29, 0.717) is 12.6 Å². The van der Waals surface area contributed by atoms with E-state index in [1.54, 1.807) is 12.4 Å². The molecule has 1 fully saturated rings. The number of piperidine rings is 1. The van der Waals surface area contributed by atoms with Gasteiger partial charge in [-0.05, 0) is 18.2 Å². The maximum Gasteiger partial charge on any atom is 0.178 e. The lowest BCUT2D eigenvalue weighted by atomic mass is 10.0. The zero-order valence-corrected chi connectivity index (χ0v) is 11.5.